The molecule has 0 spiro atoms. The van der Waals surface area contributed by atoms with Crippen LogP contribution < -0.4 is 0 Å². The van der Waals surface area contributed by atoms with E-state index in [-0.39, 0.29) is 17.5 Å². The fourth-order valence-electron chi connectivity index (χ4n) is 6.39. The Kier molecular flexibility index (Phi) is 5.63. The van der Waals surface area contributed by atoms with Crippen LogP contribution in [-0.2, 0) is 0 Å². The second-order valence-corrected chi connectivity index (χ2v) is 13.0. The van der Waals surface area contributed by atoms with Crippen LogP contribution in [0.2, 0.25) is 0 Å². The van der Waals surface area contributed by atoms with Crippen LogP contribution in [0, 0.1) is 0 Å². The van der Waals surface area contributed by atoms with Crippen LogP contribution in [0.4, 0.5) is 0 Å². The maximum Gasteiger partial charge on any atom is 0.171 e. The van der Waals surface area contributed by atoms with Gasteiger partial charge in [0.05, 0.1) is 11.8 Å². The van der Waals surface area contributed by atoms with E-state index in [4.69, 9.17) is 0 Å². The number of carbonyl (C=O) groups excluding carboxylic acids is 2. The van der Waals surface area contributed by atoms with Gasteiger partial charge >= 0.3 is 0 Å². The van der Waals surface area contributed by atoms with Gasteiger partial charge in [-0.2, -0.15) is 0 Å². The fraction of sp³-hybridized carbons (Fsp3) is 0.0968. The molecule has 2 atom stereocenters. The predicted molar refractivity (Wildman–Crippen MR) is 162 cm³/mol. The minimum atomic E-state index is -0.479. The predicted octanol–water partition coefficient (Wildman–Crippen LogP) is 10.1. The van der Waals surface area contributed by atoms with Crippen LogP contribution >= 0.6 is 63.7 Å². The van der Waals surface area contributed by atoms with Crippen molar-refractivity contribution >= 4 is 96.8 Å². The molecule has 180 valence electrons. The smallest absolute Gasteiger partial charge is 0.171 e. The molecule has 2 nitrogen and oxygen atoms in total. The van der Waals surface area contributed by atoms with Crippen LogP contribution in [0.1, 0.15) is 55.2 Å². The number of hydrogen-bond donors (Lipinski definition) is 0. The molecule has 0 aromatic heterocycles. The molecule has 2 aliphatic rings. The van der Waals surface area contributed by atoms with Crippen molar-refractivity contribution in [1.82, 2.24) is 0 Å². The van der Waals surface area contributed by atoms with Crippen LogP contribution in [0.15, 0.2) is 96.8 Å². The molecule has 0 bridgehead atoms. The van der Waals surface area contributed by atoms with Crippen LogP contribution in [0.3, 0.4) is 0 Å². The Bertz CT molecular complexity index is 1700. The van der Waals surface area contributed by atoms with Crippen LogP contribution in [0.25, 0.3) is 21.5 Å². The Hall–Kier alpha value is -2.12. The van der Waals surface area contributed by atoms with E-state index in [0.29, 0.717) is 11.1 Å². The summed E-state index contributed by atoms with van der Waals surface area (Å²) in [6.07, 6.45) is 0. The van der Waals surface area contributed by atoms with E-state index >= 15 is 0 Å². The summed E-state index contributed by atoms with van der Waals surface area (Å²) in [5.41, 5.74) is 4.38. The number of benzene rings is 5. The van der Waals surface area contributed by atoms with Gasteiger partial charge in [0.2, 0.25) is 0 Å². The maximum absolute atomic E-state index is 14.2. The van der Waals surface area contributed by atoms with Gasteiger partial charge in [-0.05, 0) is 63.9 Å². The maximum atomic E-state index is 14.2. The lowest BCUT2D eigenvalue weighted by Gasteiger charge is -2.30. The Balaban J connectivity index is 1.52. The molecule has 37 heavy (non-hydrogen) atoms. The van der Waals surface area contributed by atoms with Crippen molar-refractivity contribution in [2.45, 2.75) is 17.8 Å². The molecule has 0 radical (unpaired) electrons. The molecule has 2 aliphatic carbocycles. The van der Waals surface area contributed by atoms with E-state index in [1.165, 1.54) is 0 Å². The van der Waals surface area contributed by atoms with Gasteiger partial charge in [-0.15, -0.1) is 0 Å². The van der Waals surface area contributed by atoms with Crippen LogP contribution in [-0.4, -0.2) is 11.6 Å². The van der Waals surface area contributed by atoms with Crippen molar-refractivity contribution in [3.05, 3.63) is 125 Å². The SMILES string of the molecule is O=C1c2ccc(Br)c3c(Br)ccc(c23)C1C(c1ccccc1)C1C(=O)c2ccc(Br)c3c(Br)ccc1c23. The average molecular weight is 740 g/mol. The standard InChI is InChI=1S/C31H16Br4O2/c32-19-10-6-15-24-17(8-12-21(34)28(19)24)30(36)26(15)23(14-4-2-1-3-5-14)27-16-7-11-20(33)29-22(35)13-9-18(25(16)29)31(27)37/h1-13,23,26-27H. The lowest BCUT2D eigenvalue weighted by Crippen LogP contribution is -2.26. The van der Waals surface area contributed by atoms with Gasteiger partial charge in [0, 0.05) is 45.7 Å². The summed E-state index contributed by atoms with van der Waals surface area (Å²) in [6, 6.07) is 25.9. The van der Waals surface area contributed by atoms with E-state index in [1.54, 1.807) is 0 Å². The fourth-order valence-corrected chi connectivity index (χ4v) is 9.10. The van der Waals surface area contributed by atoms with Crippen molar-refractivity contribution in [3.8, 4) is 0 Å². The van der Waals surface area contributed by atoms with E-state index in [9.17, 15) is 9.59 Å². The highest BCUT2D eigenvalue weighted by atomic mass is 79.9. The van der Waals surface area contributed by atoms with Gasteiger partial charge in [0.15, 0.2) is 11.6 Å². The molecule has 0 fully saturated rings. The summed E-state index contributed by atoms with van der Waals surface area (Å²) in [5, 5.41) is 3.92. The van der Waals surface area contributed by atoms with Gasteiger partial charge in [-0.25, -0.2) is 0 Å². The number of hydrogen-bond acceptors (Lipinski definition) is 2. The average Bonchev–Trinajstić information content (AvgIpc) is 3.33. The van der Waals surface area contributed by atoms with Crippen molar-refractivity contribution in [2.24, 2.45) is 0 Å². The normalized spacial score (nSPS) is 18.8. The zero-order valence-electron chi connectivity index (χ0n) is 19.1. The number of halogens is 4. The third-order valence-corrected chi connectivity index (χ3v) is 10.5. The number of Topliss-reactive ketones (excluding diaryl/α,β-unsaturated/α-hetero) is 2. The quantitative estimate of drug-likeness (QED) is 0.185. The van der Waals surface area contributed by atoms with E-state index < -0.39 is 11.8 Å². The molecular formula is C31H16Br4O2. The number of ketones is 2. The van der Waals surface area contributed by atoms with Crippen molar-refractivity contribution in [2.75, 3.05) is 0 Å². The molecule has 5 aromatic rings. The largest absolute Gasteiger partial charge is 0.293 e. The molecular weight excluding hydrogens is 724 g/mol. The van der Waals surface area contributed by atoms with E-state index in [1.807, 2.05) is 66.7 Å². The van der Waals surface area contributed by atoms with Gasteiger partial charge in [-0.3, -0.25) is 9.59 Å². The lowest BCUT2D eigenvalue weighted by molar-refractivity contribution is 0.0911. The first-order chi connectivity index (χ1) is 17.9. The molecule has 0 amide bonds. The topological polar surface area (TPSA) is 34.1 Å². The molecule has 2 unspecified atom stereocenters. The van der Waals surface area contributed by atoms with Crippen molar-refractivity contribution in [3.63, 3.8) is 0 Å². The first-order valence-corrected chi connectivity index (χ1v) is 15.0. The Morgan fingerprint density at radius 2 is 0.892 bits per heavy atom. The molecule has 5 aromatic carbocycles. The second kappa shape index (κ2) is 8.70. The van der Waals surface area contributed by atoms with Gasteiger partial charge in [0.25, 0.3) is 0 Å². The molecule has 0 heterocycles. The summed E-state index contributed by atoms with van der Waals surface area (Å²) in [5.74, 6) is -1.18. The summed E-state index contributed by atoms with van der Waals surface area (Å²) in [7, 11) is 0. The molecule has 7 rings (SSSR count). The summed E-state index contributed by atoms with van der Waals surface area (Å²) >= 11 is 14.8. The molecule has 0 saturated heterocycles. The highest BCUT2D eigenvalue weighted by Crippen LogP contribution is 2.56. The third kappa shape index (κ3) is 3.32. The summed E-state index contributed by atoms with van der Waals surface area (Å²) < 4.78 is 3.75. The van der Waals surface area contributed by atoms with Crippen LogP contribution in [0.5, 0.6) is 0 Å². The molecule has 6 heteroatoms. The highest BCUT2D eigenvalue weighted by Gasteiger charge is 2.48. The third-order valence-electron chi connectivity index (χ3n) is 7.85. The molecule has 0 saturated carbocycles. The van der Waals surface area contributed by atoms with Crippen molar-refractivity contribution in [1.29, 1.82) is 0 Å². The number of carbonyl (C=O) groups is 2. The summed E-state index contributed by atoms with van der Waals surface area (Å²) in [4.78, 5) is 28.5. The first-order valence-electron chi connectivity index (χ1n) is 11.8. The minimum absolute atomic E-state index is 0.0674. The van der Waals surface area contributed by atoms with E-state index in [0.717, 1.165) is 56.1 Å². The van der Waals surface area contributed by atoms with E-state index in [2.05, 4.69) is 75.9 Å². The Morgan fingerprint density at radius 3 is 1.32 bits per heavy atom. The zero-order valence-corrected chi connectivity index (χ0v) is 25.4. The van der Waals surface area contributed by atoms with Gasteiger partial charge in [-0.1, -0.05) is 106 Å². The summed E-state index contributed by atoms with van der Waals surface area (Å²) in [6.45, 7) is 0. The Labute approximate surface area is 247 Å². The highest BCUT2D eigenvalue weighted by molar-refractivity contribution is 9.11. The van der Waals surface area contributed by atoms with Gasteiger partial charge in [0.1, 0.15) is 0 Å². The zero-order chi connectivity index (χ0) is 25.6. The lowest BCUT2D eigenvalue weighted by atomic mass is 9.71. The monoisotopic (exact) mass is 736 g/mol. The molecule has 0 N–H and O–H groups in total. The minimum Gasteiger partial charge on any atom is -0.293 e. The second-order valence-electron chi connectivity index (χ2n) is 9.58. The van der Waals surface area contributed by atoms with Crippen molar-refractivity contribution < 1.29 is 9.59 Å². The van der Waals surface area contributed by atoms with Gasteiger partial charge < -0.3 is 0 Å². The molecule has 0 aliphatic heterocycles. The number of rotatable bonds is 3. The Morgan fingerprint density at radius 1 is 0.486 bits per heavy atom. The first kappa shape index (κ1) is 24.0.